The Morgan fingerprint density at radius 1 is 1.11 bits per heavy atom. The highest BCUT2D eigenvalue weighted by Gasteiger charge is 2.43. The van der Waals surface area contributed by atoms with Crippen LogP contribution in [0.2, 0.25) is 0 Å². The molecule has 7 heteroatoms. The Labute approximate surface area is 159 Å². The number of hydrogen-bond acceptors (Lipinski definition) is 7. The Hall–Kier alpha value is -2.41. The van der Waals surface area contributed by atoms with E-state index >= 15 is 0 Å². The van der Waals surface area contributed by atoms with Gasteiger partial charge in [0.05, 0.1) is 13.2 Å². The second-order valence-electron chi connectivity index (χ2n) is 6.72. The van der Waals surface area contributed by atoms with E-state index in [4.69, 9.17) is 18.9 Å². The smallest absolute Gasteiger partial charge is 0.305 e. The first kappa shape index (κ1) is 20.9. The van der Waals surface area contributed by atoms with Crippen LogP contribution in [0.5, 0.6) is 5.75 Å². The van der Waals surface area contributed by atoms with E-state index in [-0.39, 0.29) is 36.6 Å². The van der Waals surface area contributed by atoms with Crippen molar-refractivity contribution in [2.45, 2.75) is 46.1 Å². The highest BCUT2D eigenvalue weighted by molar-refractivity contribution is 5.80. The summed E-state index contributed by atoms with van der Waals surface area (Å²) in [5, 5.41) is 0. The van der Waals surface area contributed by atoms with Gasteiger partial charge in [0.1, 0.15) is 18.4 Å². The average molecular weight is 377 g/mol. The van der Waals surface area contributed by atoms with Gasteiger partial charge < -0.3 is 18.9 Å². The molecule has 1 aromatic carbocycles. The number of hydrogen-bond donors (Lipinski definition) is 0. The summed E-state index contributed by atoms with van der Waals surface area (Å²) in [5.74, 6) is 0.0633. The van der Waals surface area contributed by atoms with Crippen LogP contribution in [0.15, 0.2) is 29.3 Å². The highest BCUT2D eigenvalue weighted by atomic mass is 16.7. The van der Waals surface area contributed by atoms with Gasteiger partial charge in [0, 0.05) is 20.1 Å². The van der Waals surface area contributed by atoms with Gasteiger partial charge in [-0.15, -0.1) is 0 Å². The van der Waals surface area contributed by atoms with Crippen molar-refractivity contribution in [1.82, 2.24) is 0 Å². The van der Waals surface area contributed by atoms with Gasteiger partial charge in [-0.05, 0) is 41.7 Å². The van der Waals surface area contributed by atoms with Gasteiger partial charge in [-0.3, -0.25) is 14.6 Å². The van der Waals surface area contributed by atoms with Gasteiger partial charge in [0.25, 0.3) is 0 Å². The fourth-order valence-corrected chi connectivity index (χ4v) is 2.99. The molecule has 1 heterocycles. The van der Waals surface area contributed by atoms with E-state index < -0.39 is 12.3 Å². The van der Waals surface area contributed by atoms with E-state index in [1.54, 1.807) is 13.3 Å². The minimum absolute atomic E-state index is 0.0538. The molecular formula is C20H27NO6. The molecule has 0 bridgehead atoms. The van der Waals surface area contributed by atoms with Gasteiger partial charge in [0.2, 0.25) is 6.29 Å². The van der Waals surface area contributed by atoms with Crippen molar-refractivity contribution < 1.29 is 28.5 Å². The van der Waals surface area contributed by atoms with Crippen LogP contribution in [0.1, 0.15) is 33.3 Å². The molecule has 2 rings (SSSR count). The Bertz CT molecular complexity index is 672. The molecule has 5 atom stereocenters. The topological polar surface area (TPSA) is 83.4 Å². The van der Waals surface area contributed by atoms with Crippen LogP contribution in [-0.2, 0) is 23.8 Å². The maximum atomic E-state index is 11.5. The van der Waals surface area contributed by atoms with E-state index in [2.05, 4.69) is 4.99 Å². The number of esters is 2. The van der Waals surface area contributed by atoms with Crippen molar-refractivity contribution in [2.24, 2.45) is 16.8 Å². The minimum atomic E-state index is -0.830. The van der Waals surface area contributed by atoms with Crippen molar-refractivity contribution in [3.05, 3.63) is 29.8 Å². The van der Waals surface area contributed by atoms with E-state index in [0.29, 0.717) is 0 Å². The maximum Gasteiger partial charge on any atom is 0.305 e. The van der Waals surface area contributed by atoms with Crippen molar-refractivity contribution in [3.63, 3.8) is 0 Å². The third-order valence-corrected chi connectivity index (χ3v) is 4.79. The summed E-state index contributed by atoms with van der Waals surface area (Å²) in [6, 6.07) is 7.13. The zero-order valence-electron chi connectivity index (χ0n) is 16.4. The van der Waals surface area contributed by atoms with E-state index in [9.17, 15) is 9.59 Å². The minimum Gasteiger partial charge on any atom is -0.497 e. The standard InChI is InChI=1S/C20H27NO6/c1-12-13(2)19(21-10-16-6-8-17(24-5)9-7-16)20(26-15(4)23)27-18(12)11-25-14(3)22/h6-10,12-13,18-20H,11H2,1-5H3/t12-,13-,18?,19?,20?/m0/s1. The molecule has 0 spiro atoms. The van der Waals surface area contributed by atoms with Crippen molar-refractivity contribution in [2.75, 3.05) is 13.7 Å². The zero-order chi connectivity index (χ0) is 20.0. The van der Waals surface area contributed by atoms with Gasteiger partial charge in [-0.1, -0.05) is 13.8 Å². The summed E-state index contributed by atoms with van der Waals surface area (Å²) in [6.45, 7) is 6.84. The van der Waals surface area contributed by atoms with Gasteiger partial charge >= 0.3 is 11.9 Å². The molecule has 0 radical (unpaired) electrons. The summed E-state index contributed by atoms with van der Waals surface area (Å²) < 4.78 is 21.5. The Morgan fingerprint density at radius 3 is 2.33 bits per heavy atom. The third kappa shape index (κ3) is 5.79. The lowest BCUT2D eigenvalue weighted by atomic mass is 9.82. The molecule has 1 aliphatic rings. The number of carbonyl (C=O) groups is 2. The monoisotopic (exact) mass is 377 g/mol. The molecule has 1 saturated heterocycles. The molecule has 0 aromatic heterocycles. The number of rotatable bonds is 6. The number of methoxy groups -OCH3 is 1. The quantitative estimate of drug-likeness (QED) is 0.560. The summed E-state index contributed by atoms with van der Waals surface area (Å²) in [6.07, 6.45) is 0.545. The van der Waals surface area contributed by atoms with Crippen LogP contribution in [0.4, 0.5) is 0 Å². The maximum absolute atomic E-state index is 11.5. The van der Waals surface area contributed by atoms with E-state index in [0.717, 1.165) is 11.3 Å². The van der Waals surface area contributed by atoms with Crippen LogP contribution >= 0.6 is 0 Å². The van der Waals surface area contributed by atoms with Crippen LogP contribution in [0.25, 0.3) is 0 Å². The number of ether oxygens (including phenoxy) is 4. The molecule has 7 nitrogen and oxygen atoms in total. The fraction of sp³-hybridized carbons (Fsp3) is 0.550. The zero-order valence-corrected chi connectivity index (χ0v) is 16.4. The van der Waals surface area contributed by atoms with Crippen LogP contribution in [0, 0.1) is 11.8 Å². The van der Waals surface area contributed by atoms with E-state index in [1.807, 2.05) is 38.1 Å². The predicted molar refractivity (Wildman–Crippen MR) is 99.8 cm³/mol. The molecule has 1 aliphatic heterocycles. The molecule has 1 fully saturated rings. The SMILES string of the molecule is COc1ccc(C=NC2C(OC(C)=O)OC(COC(C)=O)[C@@H](C)[C@@H]2C)cc1. The molecule has 3 unspecified atom stereocenters. The number of carbonyl (C=O) groups excluding carboxylic acids is 2. The second-order valence-corrected chi connectivity index (χ2v) is 6.72. The average Bonchev–Trinajstić information content (AvgIpc) is 2.63. The molecule has 148 valence electrons. The summed E-state index contributed by atoms with van der Waals surface area (Å²) in [7, 11) is 1.61. The van der Waals surface area contributed by atoms with Crippen LogP contribution in [0.3, 0.4) is 0 Å². The van der Waals surface area contributed by atoms with Gasteiger partial charge in [-0.25, -0.2) is 0 Å². The molecule has 27 heavy (non-hydrogen) atoms. The number of aliphatic imine (C=N–C) groups is 1. The number of benzene rings is 1. The first-order valence-corrected chi connectivity index (χ1v) is 8.95. The fourth-order valence-electron chi connectivity index (χ4n) is 2.99. The lowest BCUT2D eigenvalue weighted by Gasteiger charge is -2.42. The molecule has 0 aliphatic carbocycles. The van der Waals surface area contributed by atoms with Gasteiger partial charge in [-0.2, -0.15) is 0 Å². The van der Waals surface area contributed by atoms with Gasteiger partial charge in [0.15, 0.2) is 0 Å². The molecule has 0 amide bonds. The third-order valence-electron chi connectivity index (χ3n) is 4.79. The largest absolute Gasteiger partial charge is 0.497 e. The van der Waals surface area contributed by atoms with Crippen molar-refractivity contribution in [3.8, 4) is 5.75 Å². The first-order chi connectivity index (χ1) is 12.8. The van der Waals surface area contributed by atoms with Crippen molar-refractivity contribution >= 4 is 18.2 Å². The molecule has 0 saturated carbocycles. The lowest BCUT2D eigenvalue weighted by Crippen LogP contribution is -2.51. The highest BCUT2D eigenvalue weighted by Crippen LogP contribution is 2.33. The number of nitrogens with zero attached hydrogens (tertiary/aromatic N) is 1. The summed E-state index contributed by atoms with van der Waals surface area (Å²) in [5.41, 5.74) is 0.902. The lowest BCUT2D eigenvalue weighted by molar-refractivity contribution is -0.234. The molecular weight excluding hydrogens is 350 g/mol. The van der Waals surface area contributed by atoms with Crippen molar-refractivity contribution in [1.29, 1.82) is 0 Å². The Balaban J connectivity index is 2.16. The molecule has 0 N–H and O–H groups in total. The summed E-state index contributed by atoms with van der Waals surface area (Å²) >= 11 is 0. The Morgan fingerprint density at radius 2 is 1.78 bits per heavy atom. The predicted octanol–water partition coefficient (Wildman–Crippen LogP) is 2.61. The van der Waals surface area contributed by atoms with Crippen LogP contribution in [-0.4, -0.2) is 50.3 Å². The summed E-state index contributed by atoms with van der Waals surface area (Å²) in [4.78, 5) is 27.2. The molecule has 1 aromatic rings. The Kier molecular flexibility index (Phi) is 7.36. The second kappa shape index (κ2) is 9.50. The van der Waals surface area contributed by atoms with Crippen LogP contribution < -0.4 is 4.74 Å². The van der Waals surface area contributed by atoms with E-state index in [1.165, 1.54) is 13.8 Å². The normalized spacial score (nSPS) is 28.0. The first-order valence-electron chi connectivity index (χ1n) is 8.95.